The minimum atomic E-state index is -0.396. The lowest BCUT2D eigenvalue weighted by Gasteiger charge is -2.03. The predicted octanol–water partition coefficient (Wildman–Crippen LogP) is 3.21. The lowest BCUT2D eigenvalue weighted by Crippen LogP contribution is -2.28. The van der Waals surface area contributed by atoms with Crippen molar-refractivity contribution in [2.45, 2.75) is 6.92 Å². The van der Waals surface area contributed by atoms with E-state index in [4.69, 9.17) is 10.2 Å². The first kappa shape index (κ1) is 17.5. The second-order valence-corrected chi connectivity index (χ2v) is 5.72. The van der Waals surface area contributed by atoms with Gasteiger partial charge in [-0.1, -0.05) is 0 Å². The van der Waals surface area contributed by atoms with Gasteiger partial charge in [0.15, 0.2) is 0 Å². The van der Waals surface area contributed by atoms with E-state index in [0.29, 0.717) is 35.6 Å². The third kappa shape index (κ3) is 4.01. The molecule has 0 unspecified atom stereocenters. The molecule has 0 aliphatic heterocycles. The highest BCUT2D eigenvalue weighted by molar-refractivity contribution is 5.94. The quantitative estimate of drug-likeness (QED) is 0.544. The summed E-state index contributed by atoms with van der Waals surface area (Å²) in [7, 11) is 0. The van der Waals surface area contributed by atoms with E-state index < -0.39 is 5.63 Å². The second-order valence-electron chi connectivity index (χ2n) is 5.72. The molecule has 0 saturated heterocycles. The molecule has 0 aliphatic rings. The molecule has 2 aromatic carbocycles. The lowest BCUT2D eigenvalue weighted by atomic mass is 10.1. The molecule has 0 atom stereocenters. The molecule has 7 heteroatoms. The SMILES string of the molecule is Cc1cc(=O)oc2cc(N=Nc3ccc(C(=O)NCCN)cc3)ccc12. The number of carbonyl (C=O) groups excluding carboxylic acids is 1. The molecule has 26 heavy (non-hydrogen) atoms. The summed E-state index contributed by atoms with van der Waals surface area (Å²) in [6, 6.07) is 13.5. The first-order chi connectivity index (χ1) is 12.6. The molecular weight excluding hydrogens is 332 g/mol. The van der Waals surface area contributed by atoms with Crippen LogP contribution in [0.4, 0.5) is 11.4 Å². The van der Waals surface area contributed by atoms with E-state index in [9.17, 15) is 9.59 Å². The standard InChI is InChI=1S/C19H18N4O3/c1-12-10-18(24)26-17-11-15(6-7-16(12)17)23-22-14-4-2-13(3-5-14)19(25)21-9-8-20/h2-7,10-11H,8-9,20H2,1H3,(H,21,25). The number of benzene rings is 2. The number of aryl methyl sites for hydroxylation is 1. The maximum Gasteiger partial charge on any atom is 0.336 e. The molecule has 0 fully saturated rings. The Kier molecular flexibility index (Phi) is 5.19. The number of azo groups is 1. The van der Waals surface area contributed by atoms with Crippen LogP contribution in [0.1, 0.15) is 15.9 Å². The molecule has 7 nitrogen and oxygen atoms in total. The van der Waals surface area contributed by atoms with Gasteiger partial charge in [-0.2, -0.15) is 10.2 Å². The van der Waals surface area contributed by atoms with Gasteiger partial charge in [0.05, 0.1) is 11.4 Å². The van der Waals surface area contributed by atoms with Crippen molar-refractivity contribution >= 4 is 28.3 Å². The van der Waals surface area contributed by atoms with Gasteiger partial charge < -0.3 is 15.5 Å². The fourth-order valence-corrected chi connectivity index (χ4v) is 2.46. The van der Waals surface area contributed by atoms with Crippen molar-refractivity contribution in [2.24, 2.45) is 16.0 Å². The van der Waals surface area contributed by atoms with Gasteiger partial charge in [0.1, 0.15) is 5.58 Å². The van der Waals surface area contributed by atoms with Crippen LogP contribution in [-0.2, 0) is 0 Å². The van der Waals surface area contributed by atoms with E-state index in [2.05, 4.69) is 15.5 Å². The summed E-state index contributed by atoms with van der Waals surface area (Å²) in [6.07, 6.45) is 0. The monoisotopic (exact) mass is 350 g/mol. The van der Waals surface area contributed by atoms with Crippen LogP contribution in [0.15, 0.2) is 68.0 Å². The zero-order valence-electron chi connectivity index (χ0n) is 14.2. The molecule has 132 valence electrons. The van der Waals surface area contributed by atoms with Crippen molar-refractivity contribution in [1.29, 1.82) is 0 Å². The summed E-state index contributed by atoms with van der Waals surface area (Å²) in [5.74, 6) is -0.182. The Morgan fingerprint density at radius 3 is 2.50 bits per heavy atom. The first-order valence-corrected chi connectivity index (χ1v) is 8.11. The molecule has 0 bridgehead atoms. The van der Waals surface area contributed by atoms with Crippen molar-refractivity contribution in [2.75, 3.05) is 13.1 Å². The molecule has 1 amide bonds. The van der Waals surface area contributed by atoms with Gasteiger partial charge in [-0.3, -0.25) is 4.79 Å². The number of hydrogen-bond acceptors (Lipinski definition) is 6. The van der Waals surface area contributed by atoms with Crippen molar-refractivity contribution in [3.8, 4) is 0 Å². The molecule has 0 spiro atoms. The Morgan fingerprint density at radius 2 is 1.77 bits per heavy atom. The fourth-order valence-electron chi connectivity index (χ4n) is 2.46. The Balaban J connectivity index is 1.78. The maximum absolute atomic E-state index is 11.8. The number of fused-ring (bicyclic) bond motifs is 1. The summed E-state index contributed by atoms with van der Waals surface area (Å²) in [5, 5.41) is 11.9. The second kappa shape index (κ2) is 7.71. The smallest absolute Gasteiger partial charge is 0.336 e. The summed E-state index contributed by atoms with van der Waals surface area (Å²) >= 11 is 0. The Hall–Kier alpha value is -3.32. The normalized spacial score (nSPS) is 11.2. The number of hydrogen-bond donors (Lipinski definition) is 2. The van der Waals surface area contributed by atoms with E-state index in [1.165, 1.54) is 6.07 Å². The number of nitrogens with zero attached hydrogens (tertiary/aromatic N) is 2. The van der Waals surface area contributed by atoms with E-state index in [0.717, 1.165) is 10.9 Å². The van der Waals surface area contributed by atoms with Crippen LogP contribution < -0.4 is 16.7 Å². The van der Waals surface area contributed by atoms with Crippen molar-refractivity contribution in [1.82, 2.24) is 5.32 Å². The van der Waals surface area contributed by atoms with Gasteiger partial charge in [0.25, 0.3) is 5.91 Å². The van der Waals surface area contributed by atoms with Crippen LogP contribution >= 0.6 is 0 Å². The van der Waals surface area contributed by atoms with Crippen LogP contribution in [0, 0.1) is 6.92 Å². The first-order valence-electron chi connectivity index (χ1n) is 8.11. The zero-order valence-corrected chi connectivity index (χ0v) is 14.2. The van der Waals surface area contributed by atoms with E-state index in [-0.39, 0.29) is 5.91 Å². The maximum atomic E-state index is 11.8. The van der Waals surface area contributed by atoms with Gasteiger partial charge in [0, 0.05) is 36.2 Å². The van der Waals surface area contributed by atoms with Gasteiger partial charge in [-0.05, 0) is 48.9 Å². The van der Waals surface area contributed by atoms with Gasteiger partial charge in [0.2, 0.25) is 0 Å². The van der Waals surface area contributed by atoms with Gasteiger partial charge in [-0.15, -0.1) is 0 Å². The van der Waals surface area contributed by atoms with Crippen LogP contribution in [0.3, 0.4) is 0 Å². The Labute approximate surface area is 149 Å². The molecule has 0 radical (unpaired) electrons. The van der Waals surface area contributed by atoms with Crippen molar-refractivity contribution in [3.05, 3.63) is 70.1 Å². The van der Waals surface area contributed by atoms with E-state index >= 15 is 0 Å². The molecule has 3 N–H and O–H groups in total. The lowest BCUT2D eigenvalue weighted by molar-refractivity contribution is 0.0955. The predicted molar refractivity (Wildman–Crippen MR) is 99.2 cm³/mol. The summed E-state index contributed by atoms with van der Waals surface area (Å²) in [5.41, 5.74) is 7.98. The van der Waals surface area contributed by atoms with Crippen molar-refractivity contribution in [3.63, 3.8) is 0 Å². The summed E-state index contributed by atoms with van der Waals surface area (Å²) in [6.45, 7) is 2.67. The highest BCUT2D eigenvalue weighted by atomic mass is 16.4. The summed E-state index contributed by atoms with van der Waals surface area (Å²) in [4.78, 5) is 23.3. The fraction of sp³-hybridized carbons (Fsp3) is 0.158. The molecule has 0 saturated carbocycles. The third-order valence-electron chi connectivity index (χ3n) is 3.78. The average Bonchev–Trinajstić information content (AvgIpc) is 2.64. The molecule has 3 aromatic rings. The average molecular weight is 350 g/mol. The van der Waals surface area contributed by atoms with E-state index in [1.54, 1.807) is 36.4 Å². The third-order valence-corrected chi connectivity index (χ3v) is 3.78. The zero-order chi connectivity index (χ0) is 18.5. The van der Waals surface area contributed by atoms with Crippen molar-refractivity contribution < 1.29 is 9.21 Å². The molecule has 0 aliphatic carbocycles. The Bertz CT molecular complexity index is 1020. The van der Waals surface area contributed by atoms with E-state index in [1.807, 2.05) is 13.0 Å². The number of nitrogens with one attached hydrogen (secondary N) is 1. The van der Waals surface area contributed by atoms with Crippen LogP contribution in [-0.4, -0.2) is 19.0 Å². The van der Waals surface area contributed by atoms with Crippen LogP contribution in [0.2, 0.25) is 0 Å². The number of rotatable bonds is 5. The Morgan fingerprint density at radius 1 is 1.08 bits per heavy atom. The highest BCUT2D eigenvalue weighted by Crippen LogP contribution is 2.24. The number of nitrogens with two attached hydrogens (primary N) is 1. The van der Waals surface area contributed by atoms with Gasteiger partial charge in [-0.25, -0.2) is 4.79 Å². The van der Waals surface area contributed by atoms with Crippen LogP contribution in [0.25, 0.3) is 11.0 Å². The molecular formula is C19H18N4O3. The topological polar surface area (TPSA) is 110 Å². The molecule has 3 rings (SSSR count). The number of amides is 1. The molecule has 1 aromatic heterocycles. The largest absolute Gasteiger partial charge is 0.423 e. The number of carbonyl (C=O) groups is 1. The minimum absolute atomic E-state index is 0.182. The highest BCUT2D eigenvalue weighted by Gasteiger charge is 2.05. The van der Waals surface area contributed by atoms with Crippen LogP contribution in [0.5, 0.6) is 0 Å². The van der Waals surface area contributed by atoms with Gasteiger partial charge >= 0.3 is 5.63 Å². The minimum Gasteiger partial charge on any atom is -0.423 e. The molecule has 1 heterocycles. The summed E-state index contributed by atoms with van der Waals surface area (Å²) < 4.78 is 5.20.